The first-order chi connectivity index (χ1) is 9.88. The summed E-state index contributed by atoms with van der Waals surface area (Å²) in [6.45, 7) is 3.73. The summed E-state index contributed by atoms with van der Waals surface area (Å²) in [5, 5.41) is 13.2. The maximum Gasteiger partial charge on any atom is 0.411 e. The van der Waals surface area contributed by atoms with Crippen LogP contribution >= 0.6 is 0 Å². The van der Waals surface area contributed by atoms with Crippen LogP contribution in [-0.2, 0) is 9.53 Å². The molecular weight excluding hydrogens is 276 g/mol. The number of carbonyl (C=O) groups is 3. The van der Waals surface area contributed by atoms with Crippen molar-refractivity contribution in [2.45, 2.75) is 13.8 Å². The number of hydrogen-bond donors (Lipinski definition) is 3. The van der Waals surface area contributed by atoms with Crippen LogP contribution in [0.25, 0.3) is 0 Å². The third kappa shape index (κ3) is 6.42. The first-order valence-electron chi connectivity index (χ1n) is 6.42. The van der Waals surface area contributed by atoms with Crippen molar-refractivity contribution in [3.63, 3.8) is 0 Å². The minimum absolute atomic E-state index is 0.246. The van der Waals surface area contributed by atoms with E-state index >= 15 is 0 Å². The van der Waals surface area contributed by atoms with E-state index < -0.39 is 24.5 Å². The third-order valence-electron chi connectivity index (χ3n) is 2.34. The van der Waals surface area contributed by atoms with E-state index in [4.69, 9.17) is 9.84 Å². The van der Waals surface area contributed by atoms with Gasteiger partial charge in [-0.25, -0.2) is 4.79 Å². The Labute approximate surface area is 122 Å². The van der Waals surface area contributed by atoms with E-state index in [-0.39, 0.29) is 5.92 Å². The van der Waals surface area contributed by atoms with Crippen molar-refractivity contribution in [2.75, 3.05) is 18.5 Å². The van der Waals surface area contributed by atoms with Gasteiger partial charge in [-0.15, -0.1) is 0 Å². The Morgan fingerprint density at radius 3 is 2.33 bits per heavy atom. The molecule has 2 amide bonds. The second-order valence-corrected chi connectivity index (χ2v) is 4.77. The van der Waals surface area contributed by atoms with Crippen molar-refractivity contribution in [1.29, 1.82) is 0 Å². The molecule has 0 saturated carbocycles. The maximum atomic E-state index is 11.6. The molecule has 0 bridgehead atoms. The Morgan fingerprint density at radius 1 is 1.19 bits per heavy atom. The number of anilines is 1. The maximum absolute atomic E-state index is 11.6. The molecular formula is C14H18N2O5. The van der Waals surface area contributed by atoms with E-state index in [1.807, 2.05) is 13.8 Å². The van der Waals surface area contributed by atoms with E-state index in [0.29, 0.717) is 17.9 Å². The lowest BCUT2D eigenvalue weighted by Gasteiger charge is -2.09. The molecule has 0 atom stereocenters. The number of aliphatic carboxylic acids is 1. The monoisotopic (exact) mass is 294 g/mol. The van der Waals surface area contributed by atoms with Gasteiger partial charge in [0.05, 0.1) is 6.61 Å². The topological polar surface area (TPSA) is 105 Å². The van der Waals surface area contributed by atoms with Crippen molar-refractivity contribution >= 4 is 23.7 Å². The minimum Gasteiger partial charge on any atom is -0.480 e. The molecule has 0 fully saturated rings. The second kappa shape index (κ2) is 7.88. The van der Waals surface area contributed by atoms with Crippen LogP contribution in [0, 0.1) is 5.92 Å². The highest BCUT2D eigenvalue weighted by Gasteiger charge is 2.08. The fourth-order valence-corrected chi connectivity index (χ4v) is 1.36. The Kier molecular flexibility index (Phi) is 6.19. The molecule has 0 radical (unpaired) electrons. The molecule has 0 unspecified atom stereocenters. The van der Waals surface area contributed by atoms with Crippen LogP contribution in [0.5, 0.6) is 0 Å². The van der Waals surface area contributed by atoms with E-state index in [9.17, 15) is 14.4 Å². The summed E-state index contributed by atoms with van der Waals surface area (Å²) in [6.07, 6.45) is -0.563. The summed E-state index contributed by atoms with van der Waals surface area (Å²) in [4.78, 5) is 33.4. The van der Waals surface area contributed by atoms with Gasteiger partial charge in [-0.3, -0.25) is 14.9 Å². The standard InChI is InChI=1S/C14H18N2O5/c1-9(2)8-21-14(20)16-11-5-3-10(4-6-11)13(19)15-7-12(17)18/h3-6,9H,7-8H2,1-2H3,(H,15,19)(H,16,20)(H,17,18). The van der Waals surface area contributed by atoms with Crippen LogP contribution in [0.1, 0.15) is 24.2 Å². The highest BCUT2D eigenvalue weighted by molar-refractivity contribution is 5.96. The van der Waals surface area contributed by atoms with Gasteiger partial charge in [-0.2, -0.15) is 0 Å². The molecule has 21 heavy (non-hydrogen) atoms. The zero-order valence-corrected chi connectivity index (χ0v) is 11.9. The van der Waals surface area contributed by atoms with Gasteiger partial charge in [0.15, 0.2) is 0 Å². The molecule has 7 heteroatoms. The highest BCUT2D eigenvalue weighted by Crippen LogP contribution is 2.10. The third-order valence-corrected chi connectivity index (χ3v) is 2.34. The number of nitrogens with one attached hydrogen (secondary N) is 2. The largest absolute Gasteiger partial charge is 0.480 e. The van der Waals surface area contributed by atoms with Crippen LogP contribution in [0.4, 0.5) is 10.5 Å². The Morgan fingerprint density at radius 2 is 1.81 bits per heavy atom. The summed E-state index contributed by atoms with van der Waals surface area (Å²) >= 11 is 0. The van der Waals surface area contributed by atoms with Gasteiger partial charge >= 0.3 is 12.1 Å². The number of rotatable bonds is 6. The molecule has 0 aliphatic heterocycles. The average Bonchev–Trinajstić information content (AvgIpc) is 2.43. The normalized spacial score (nSPS) is 10.0. The zero-order chi connectivity index (χ0) is 15.8. The smallest absolute Gasteiger partial charge is 0.411 e. The quantitative estimate of drug-likeness (QED) is 0.740. The second-order valence-electron chi connectivity index (χ2n) is 4.77. The first-order valence-corrected chi connectivity index (χ1v) is 6.42. The molecule has 1 rings (SSSR count). The van der Waals surface area contributed by atoms with Crippen LogP contribution in [0.15, 0.2) is 24.3 Å². The summed E-state index contributed by atoms with van der Waals surface area (Å²) in [6, 6.07) is 6.03. The molecule has 0 saturated heterocycles. The Bertz CT molecular complexity index is 511. The highest BCUT2D eigenvalue weighted by atomic mass is 16.5. The van der Waals surface area contributed by atoms with Gasteiger partial charge in [0.1, 0.15) is 6.54 Å². The van der Waals surface area contributed by atoms with Crippen molar-refractivity contribution in [3.8, 4) is 0 Å². The molecule has 0 aromatic heterocycles. The van der Waals surface area contributed by atoms with Crippen LogP contribution in [0.3, 0.4) is 0 Å². The SMILES string of the molecule is CC(C)COC(=O)Nc1ccc(C(=O)NCC(=O)O)cc1. The van der Waals surface area contributed by atoms with Crippen molar-refractivity contribution in [3.05, 3.63) is 29.8 Å². The molecule has 7 nitrogen and oxygen atoms in total. The number of benzene rings is 1. The van der Waals surface area contributed by atoms with Gasteiger partial charge in [-0.05, 0) is 30.2 Å². The average molecular weight is 294 g/mol. The zero-order valence-electron chi connectivity index (χ0n) is 11.9. The minimum atomic E-state index is -1.12. The molecule has 114 valence electrons. The molecule has 3 N–H and O–H groups in total. The molecule has 1 aromatic rings. The summed E-state index contributed by atoms with van der Waals surface area (Å²) < 4.78 is 4.96. The van der Waals surface area contributed by atoms with E-state index in [0.717, 1.165) is 0 Å². The van der Waals surface area contributed by atoms with Gasteiger partial charge in [0.2, 0.25) is 0 Å². The van der Waals surface area contributed by atoms with Crippen molar-refractivity contribution < 1.29 is 24.2 Å². The Hall–Kier alpha value is -2.57. The fraction of sp³-hybridized carbons (Fsp3) is 0.357. The van der Waals surface area contributed by atoms with Crippen LogP contribution in [-0.4, -0.2) is 36.2 Å². The van der Waals surface area contributed by atoms with E-state index in [2.05, 4.69) is 10.6 Å². The predicted molar refractivity (Wildman–Crippen MR) is 76.2 cm³/mol. The summed E-state index contributed by atoms with van der Waals surface area (Å²) in [5.74, 6) is -1.36. The molecule has 1 aromatic carbocycles. The molecule has 0 aliphatic rings. The fourth-order valence-electron chi connectivity index (χ4n) is 1.36. The van der Waals surface area contributed by atoms with Crippen LogP contribution in [0.2, 0.25) is 0 Å². The number of hydrogen-bond acceptors (Lipinski definition) is 4. The first kappa shape index (κ1) is 16.5. The molecule has 0 aliphatic carbocycles. The predicted octanol–water partition coefficient (Wildman–Crippen LogP) is 1.71. The van der Waals surface area contributed by atoms with E-state index in [1.54, 1.807) is 0 Å². The van der Waals surface area contributed by atoms with E-state index in [1.165, 1.54) is 24.3 Å². The van der Waals surface area contributed by atoms with Gasteiger partial charge in [-0.1, -0.05) is 13.8 Å². The lowest BCUT2D eigenvalue weighted by atomic mass is 10.2. The summed E-state index contributed by atoms with van der Waals surface area (Å²) in [5.41, 5.74) is 0.788. The number of carboxylic acid groups (broad SMARTS) is 1. The molecule has 0 spiro atoms. The van der Waals surface area contributed by atoms with Gasteiger partial charge in [0, 0.05) is 11.3 Å². The molecule has 0 heterocycles. The number of carboxylic acids is 1. The number of amides is 2. The number of ether oxygens (including phenoxy) is 1. The van der Waals surface area contributed by atoms with Crippen molar-refractivity contribution in [2.24, 2.45) is 5.92 Å². The summed E-state index contributed by atoms with van der Waals surface area (Å²) in [7, 11) is 0. The number of carbonyl (C=O) groups excluding carboxylic acids is 2. The van der Waals surface area contributed by atoms with Crippen LogP contribution < -0.4 is 10.6 Å². The van der Waals surface area contributed by atoms with Crippen molar-refractivity contribution in [1.82, 2.24) is 5.32 Å². The van der Waals surface area contributed by atoms with Gasteiger partial charge in [0.25, 0.3) is 5.91 Å². The Balaban J connectivity index is 2.51. The lowest BCUT2D eigenvalue weighted by Crippen LogP contribution is -2.29. The van der Waals surface area contributed by atoms with Gasteiger partial charge < -0.3 is 15.2 Å². The lowest BCUT2D eigenvalue weighted by molar-refractivity contribution is -0.135.